The van der Waals surface area contributed by atoms with E-state index in [0.717, 1.165) is 29.5 Å². The summed E-state index contributed by atoms with van der Waals surface area (Å²) in [4.78, 5) is 11.4. The maximum atomic E-state index is 13.3. The summed E-state index contributed by atoms with van der Waals surface area (Å²) in [7, 11) is 0. The Morgan fingerprint density at radius 2 is 1.84 bits per heavy atom. The lowest BCUT2D eigenvalue weighted by atomic mass is 9.78. The number of hydrogen-bond acceptors (Lipinski definition) is 2. The van der Waals surface area contributed by atoms with Crippen LogP contribution in [0.1, 0.15) is 32.3 Å². The highest BCUT2D eigenvalue weighted by atomic mass is 19.1. The Kier molecular flexibility index (Phi) is 6.32. The number of rotatable bonds is 8. The van der Waals surface area contributed by atoms with Crippen molar-refractivity contribution in [3.63, 3.8) is 0 Å². The topological polar surface area (TPSA) is 57.5 Å². The summed E-state index contributed by atoms with van der Waals surface area (Å²) in [6.07, 6.45) is 2.03. The van der Waals surface area contributed by atoms with E-state index < -0.39 is 11.4 Å². The first-order valence-electron chi connectivity index (χ1n) is 8.57. The molecular weight excluding hydrogens is 319 g/mol. The van der Waals surface area contributed by atoms with Crippen molar-refractivity contribution in [3.05, 3.63) is 59.9 Å². The maximum Gasteiger partial charge on any atom is 0.311 e. The molecule has 2 N–H and O–H groups in total. The van der Waals surface area contributed by atoms with E-state index in [2.05, 4.69) is 0 Å². The standard InChI is InChI=1S/C21H25FO3/c1-3-15(13-21(2,14-23)20(24)25)11-16-7-9-17(10-8-16)18-5-4-6-19(22)12-18/h4-10,12,15,23H,3,11,13-14H2,1-2H3,(H,24,25)/t15-,21+/m1/s1. The van der Waals surface area contributed by atoms with E-state index in [4.69, 9.17) is 0 Å². The smallest absolute Gasteiger partial charge is 0.311 e. The van der Waals surface area contributed by atoms with Crippen LogP contribution in [0.2, 0.25) is 0 Å². The molecular formula is C21H25FO3. The zero-order chi connectivity index (χ0) is 18.4. The summed E-state index contributed by atoms with van der Waals surface area (Å²) < 4.78 is 13.3. The van der Waals surface area contributed by atoms with Gasteiger partial charge in [0.1, 0.15) is 5.82 Å². The predicted molar refractivity (Wildman–Crippen MR) is 96.8 cm³/mol. The normalized spacial score (nSPS) is 14.7. The first-order chi connectivity index (χ1) is 11.9. The molecule has 3 nitrogen and oxygen atoms in total. The summed E-state index contributed by atoms with van der Waals surface area (Å²) >= 11 is 0. The molecule has 4 heteroatoms. The molecule has 0 fully saturated rings. The second kappa shape index (κ2) is 8.26. The van der Waals surface area contributed by atoms with Crippen molar-refractivity contribution in [1.82, 2.24) is 0 Å². The fourth-order valence-electron chi connectivity index (χ4n) is 3.05. The van der Waals surface area contributed by atoms with E-state index in [1.165, 1.54) is 12.1 Å². The minimum absolute atomic E-state index is 0.174. The van der Waals surface area contributed by atoms with E-state index in [1.54, 1.807) is 13.0 Å². The molecule has 0 aliphatic rings. The molecule has 0 bridgehead atoms. The van der Waals surface area contributed by atoms with Crippen LogP contribution in [0.5, 0.6) is 0 Å². The number of carboxylic acids is 1. The molecule has 2 rings (SSSR count). The Balaban J connectivity index is 2.10. The Morgan fingerprint density at radius 3 is 2.36 bits per heavy atom. The molecule has 0 amide bonds. The van der Waals surface area contributed by atoms with Gasteiger partial charge in [-0.1, -0.05) is 49.7 Å². The van der Waals surface area contributed by atoms with Gasteiger partial charge in [-0.15, -0.1) is 0 Å². The molecule has 0 aromatic heterocycles. The number of aliphatic hydroxyl groups excluding tert-OH is 1. The quantitative estimate of drug-likeness (QED) is 0.739. The number of carbonyl (C=O) groups is 1. The molecule has 25 heavy (non-hydrogen) atoms. The van der Waals surface area contributed by atoms with Gasteiger partial charge in [0.25, 0.3) is 0 Å². The van der Waals surface area contributed by atoms with Gasteiger partial charge in [-0.3, -0.25) is 4.79 Å². The van der Waals surface area contributed by atoms with Crippen LogP contribution in [0.15, 0.2) is 48.5 Å². The Labute approximate surface area is 148 Å². The zero-order valence-electron chi connectivity index (χ0n) is 14.7. The van der Waals surface area contributed by atoms with Crippen LogP contribution in [-0.4, -0.2) is 22.8 Å². The van der Waals surface area contributed by atoms with Crippen molar-refractivity contribution in [2.45, 2.75) is 33.1 Å². The molecule has 0 aliphatic carbocycles. The van der Waals surface area contributed by atoms with Crippen molar-refractivity contribution in [2.24, 2.45) is 11.3 Å². The Morgan fingerprint density at radius 1 is 1.16 bits per heavy atom. The number of hydrogen-bond donors (Lipinski definition) is 2. The molecule has 2 aromatic rings. The van der Waals surface area contributed by atoms with Crippen molar-refractivity contribution in [2.75, 3.05) is 6.61 Å². The van der Waals surface area contributed by atoms with Crippen molar-refractivity contribution < 1.29 is 19.4 Å². The third-order valence-electron chi connectivity index (χ3n) is 4.82. The van der Waals surface area contributed by atoms with Crippen LogP contribution in [0.25, 0.3) is 11.1 Å². The first kappa shape index (κ1) is 19.1. The summed E-state index contributed by atoms with van der Waals surface area (Å²) in [6.45, 7) is 3.26. The predicted octanol–water partition coefficient (Wildman–Crippen LogP) is 4.53. The van der Waals surface area contributed by atoms with Crippen LogP contribution < -0.4 is 0 Å². The SMILES string of the molecule is CC[C@H](Cc1ccc(-c2cccc(F)c2)cc1)C[C@@](C)(CO)C(=O)O. The van der Waals surface area contributed by atoms with Gasteiger partial charge in [0, 0.05) is 0 Å². The van der Waals surface area contributed by atoms with Gasteiger partial charge >= 0.3 is 5.97 Å². The van der Waals surface area contributed by atoms with E-state index in [1.807, 2.05) is 37.3 Å². The fraction of sp³-hybridized carbons (Fsp3) is 0.381. The van der Waals surface area contributed by atoms with Crippen LogP contribution in [-0.2, 0) is 11.2 Å². The lowest BCUT2D eigenvalue weighted by molar-refractivity contribution is -0.151. The molecule has 0 spiro atoms. The van der Waals surface area contributed by atoms with Crippen LogP contribution in [0.3, 0.4) is 0 Å². The third-order valence-corrected chi connectivity index (χ3v) is 4.82. The fourth-order valence-corrected chi connectivity index (χ4v) is 3.05. The molecule has 2 aromatic carbocycles. The van der Waals surface area contributed by atoms with Crippen LogP contribution in [0.4, 0.5) is 4.39 Å². The van der Waals surface area contributed by atoms with Gasteiger partial charge < -0.3 is 10.2 Å². The van der Waals surface area contributed by atoms with Crippen molar-refractivity contribution in [3.8, 4) is 11.1 Å². The summed E-state index contributed by atoms with van der Waals surface area (Å²) in [5.74, 6) is -1.05. The van der Waals surface area contributed by atoms with E-state index in [0.29, 0.717) is 6.42 Å². The molecule has 0 saturated carbocycles. The second-order valence-electron chi connectivity index (χ2n) is 6.91. The van der Waals surface area contributed by atoms with E-state index >= 15 is 0 Å². The lowest BCUT2D eigenvalue weighted by Crippen LogP contribution is -2.34. The highest BCUT2D eigenvalue weighted by Crippen LogP contribution is 2.30. The summed E-state index contributed by atoms with van der Waals surface area (Å²) in [5, 5.41) is 18.8. The molecule has 0 heterocycles. The molecule has 0 aliphatic heterocycles. The third kappa shape index (κ3) is 4.89. The van der Waals surface area contributed by atoms with Crippen molar-refractivity contribution >= 4 is 5.97 Å². The molecule has 0 radical (unpaired) electrons. The monoisotopic (exact) mass is 344 g/mol. The minimum Gasteiger partial charge on any atom is -0.481 e. The summed E-state index contributed by atoms with van der Waals surface area (Å²) in [6, 6.07) is 14.4. The number of aliphatic hydroxyl groups is 1. The van der Waals surface area contributed by atoms with Crippen LogP contribution >= 0.6 is 0 Å². The van der Waals surface area contributed by atoms with Crippen LogP contribution in [0, 0.1) is 17.2 Å². The summed E-state index contributed by atoms with van der Waals surface area (Å²) in [5.41, 5.74) is 1.78. The molecule has 134 valence electrons. The molecule has 0 unspecified atom stereocenters. The van der Waals surface area contributed by atoms with Gasteiger partial charge in [-0.25, -0.2) is 4.39 Å². The lowest BCUT2D eigenvalue weighted by Gasteiger charge is -2.27. The first-order valence-corrected chi connectivity index (χ1v) is 8.57. The number of benzene rings is 2. The van der Waals surface area contributed by atoms with E-state index in [-0.39, 0.29) is 18.3 Å². The van der Waals surface area contributed by atoms with Gasteiger partial charge in [-0.05, 0) is 54.5 Å². The second-order valence-corrected chi connectivity index (χ2v) is 6.91. The minimum atomic E-state index is -1.11. The highest BCUT2D eigenvalue weighted by molar-refractivity contribution is 5.74. The number of halogens is 1. The van der Waals surface area contributed by atoms with E-state index in [9.17, 15) is 19.4 Å². The Hall–Kier alpha value is -2.20. The number of carboxylic acid groups (broad SMARTS) is 1. The largest absolute Gasteiger partial charge is 0.481 e. The van der Waals surface area contributed by atoms with Gasteiger partial charge in [0.2, 0.25) is 0 Å². The average Bonchev–Trinajstić information content (AvgIpc) is 2.61. The van der Waals surface area contributed by atoms with Gasteiger partial charge in [0.15, 0.2) is 0 Å². The highest BCUT2D eigenvalue weighted by Gasteiger charge is 2.34. The Bertz CT molecular complexity index is 711. The van der Waals surface area contributed by atoms with Gasteiger partial charge in [-0.2, -0.15) is 0 Å². The molecule has 2 atom stereocenters. The van der Waals surface area contributed by atoms with Gasteiger partial charge in [0.05, 0.1) is 12.0 Å². The average molecular weight is 344 g/mol. The maximum absolute atomic E-state index is 13.3. The molecule has 0 saturated heterocycles. The van der Waals surface area contributed by atoms with Crippen molar-refractivity contribution in [1.29, 1.82) is 0 Å². The zero-order valence-corrected chi connectivity index (χ0v) is 14.7. The number of aliphatic carboxylic acids is 1.